The number of aliphatic hydroxyl groups is 3. The zero-order valence-corrected chi connectivity index (χ0v) is 15.9. The topological polar surface area (TPSA) is 108 Å². The van der Waals surface area contributed by atoms with E-state index in [1.807, 2.05) is 6.07 Å². The quantitative estimate of drug-likeness (QED) is 0.391. The molecule has 1 aliphatic heterocycles. The third-order valence-corrected chi connectivity index (χ3v) is 4.48. The van der Waals surface area contributed by atoms with Crippen LogP contribution in [-0.2, 0) is 16.1 Å². The van der Waals surface area contributed by atoms with Gasteiger partial charge in [0, 0.05) is 19.0 Å². The fraction of sp³-hybridized carbons (Fsp3) is 0.381. The molecular weight excluding hydrogens is 362 g/mol. The third-order valence-electron chi connectivity index (χ3n) is 4.48. The molecule has 0 bridgehead atoms. The van der Waals surface area contributed by atoms with Gasteiger partial charge in [-0.15, -0.1) is 0 Å². The van der Waals surface area contributed by atoms with Crippen LogP contribution in [0.4, 0.5) is 0 Å². The molecule has 2 rings (SSSR count). The molecule has 0 spiro atoms. The number of allylic oxidation sites excluding steroid dienone is 1. The highest BCUT2D eigenvalue weighted by Crippen LogP contribution is 2.26. The molecule has 1 amide bonds. The smallest absolute Gasteiger partial charge is 0.251 e. The zero-order valence-electron chi connectivity index (χ0n) is 15.9. The number of benzene rings is 1. The Labute approximate surface area is 164 Å². The standard InChI is InChI=1S/C21H27NO6/c1-4-15(20-19(25)18(24)10-17(11-23)28-20)8-13(2)27-12-14-6-5-7-16(9-14)21(26)22-3/h4-9,17-20,23-25H,1-2,10-12H2,3H3,(H,22,26)/b15-8+/t17?,18?,19?,20-/m1/s1. The molecule has 1 aliphatic rings. The highest BCUT2D eigenvalue weighted by Gasteiger charge is 2.37. The molecule has 4 N–H and O–H groups in total. The summed E-state index contributed by atoms with van der Waals surface area (Å²) in [6.45, 7) is 7.48. The van der Waals surface area contributed by atoms with Crippen LogP contribution < -0.4 is 5.32 Å². The van der Waals surface area contributed by atoms with Crippen LogP contribution in [0.3, 0.4) is 0 Å². The lowest BCUT2D eigenvalue weighted by atomic mass is 9.93. The Balaban J connectivity index is 2.05. The second kappa shape index (κ2) is 10.2. The van der Waals surface area contributed by atoms with Crippen molar-refractivity contribution >= 4 is 5.91 Å². The van der Waals surface area contributed by atoms with Gasteiger partial charge in [-0.3, -0.25) is 4.79 Å². The highest BCUT2D eigenvalue weighted by atomic mass is 16.5. The van der Waals surface area contributed by atoms with E-state index in [2.05, 4.69) is 18.5 Å². The predicted octanol–water partition coefficient (Wildman–Crippen LogP) is 1.06. The van der Waals surface area contributed by atoms with Gasteiger partial charge in [-0.05, 0) is 29.3 Å². The first-order valence-corrected chi connectivity index (χ1v) is 8.98. The number of amides is 1. The minimum atomic E-state index is -1.15. The van der Waals surface area contributed by atoms with Crippen molar-refractivity contribution in [3.8, 4) is 0 Å². The predicted molar refractivity (Wildman–Crippen MR) is 104 cm³/mol. The summed E-state index contributed by atoms with van der Waals surface area (Å²) >= 11 is 0. The lowest BCUT2D eigenvalue weighted by Gasteiger charge is -2.37. The Bertz CT molecular complexity index is 744. The molecule has 0 saturated carbocycles. The number of nitrogens with one attached hydrogen (secondary N) is 1. The van der Waals surface area contributed by atoms with Gasteiger partial charge in [0.15, 0.2) is 0 Å². The first-order chi connectivity index (χ1) is 13.4. The van der Waals surface area contributed by atoms with E-state index in [1.54, 1.807) is 31.3 Å². The molecule has 7 nitrogen and oxygen atoms in total. The summed E-state index contributed by atoms with van der Waals surface area (Å²) in [5.74, 6) is 0.117. The van der Waals surface area contributed by atoms with Gasteiger partial charge in [-0.1, -0.05) is 31.4 Å². The maximum absolute atomic E-state index is 11.7. The summed E-state index contributed by atoms with van der Waals surface area (Å²) in [6, 6.07) is 7.02. The fourth-order valence-corrected chi connectivity index (χ4v) is 2.95. The number of hydrogen-bond donors (Lipinski definition) is 4. The van der Waals surface area contributed by atoms with E-state index in [-0.39, 0.29) is 25.5 Å². The van der Waals surface area contributed by atoms with Crippen molar-refractivity contribution in [1.82, 2.24) is 5.32 Å². The third kappa shape index (κ3) is 5.53. The second-order valence-electron chi connectivity index (χ2n) is 6.54. The maximum atomic E-state index is 11.7. The average molecular weight is 389 g/mol. The van der Waals surface area contributed by atoms with Gasteiger partial charge in [0.2, 0.25) is 0 Å². The largest absolute Gasteiger partial charge is 0.490 e. The van der Waals surface area contributed by atoms with Gasteiger partial charge < -0.3 is 30.1 Å². The molecule has 1 saturated heterocycles. The minimum Gasteiger partial charge on any atom is -0.490 e. The minimum absolute atomic E-state index is 0.151. The van der Waals surface area contributed by atoms with Crippen molar-refractivity contribution in [1.29, 1.82) is 0 Å². The average Bonchev–Trinajstić information content (AvgIpc) is 2.72. The number of carbonyl (C=O) groups excluding carboxylic acids is 1. The first kappa shape index (κ1) is 21.8. The molecule has 1 aromatic carbocycles. The monoisotopic (exact) mass is 389 g/mol. The van der Waals surface area contributed by atoms with Gasteiger partial charge >= 0.3 is 0 Å². The molecular formula is C21H27NO6. The number of rotatable bonds is 8. The summed E-state index contributed by atoms with van der Waals surface area (Å²) in [4.78, 5) is 11.7. The Morgan fingerprint density at radius 1 is 1.43 bits per heavy atom. The Kier molecular flexibility index (Phi) is 7.95. The van der Waals surface area contributed by atoms with Crippen LogP contribution in [0, 0.1) is 0 Å². The summed E-state index contributed by atoms with van der Waals surface area (Å²) in [5, 5.41) is 32.1. The molecule has 0 aliphatic carbocycles. The van der Waals surface area contributed by atoms with Crippen LogP contribution in [0.25, 0.3) is 0 Å². The van der Waals surface area contributed by atoms with E-state index < -0.39 is 24.4 Å². The van der Waals surface area contributed by atoms with Crippen LogP contribution in [-0.4, -0.2) is 59.3 Å². The van der Waals surface area contributed by atoms with E-state index in [4.69, 9.17) is 9.47 Å². The molecule has 0 aromatic heterocycles. The Hall–Kier alpha value is -2.45. The van der Waals surface area contributed by atoms with Crippen LogP contribution in [0.1, 0.15) is 22.3 Å². The van der Waals surface area contributed by atoms with Gasteiger partial charge in [0.05, 0.1) is 18.8 Å². The lowest BCUT2D eigenvalue weighted by Crippen LogP contribution is -2.49. The molecule has 152 valence electrons. The highest BCUT2D eigenvalue weighted by molar-refractivity contribution is 5.94. The van der Waals surface area contributed by atoms with Crippen molar-refractivity contribution in [2.45, 2.75) is 37.4 Å². The van der Waals surface area contributed by atoms with Crippen LogP contribution in [0.15, 0.2) is 60.9 Å². The van der Waals surface area contributed by atoms with Crippen LogP contribution in [0.5, 0.6) is 0 Å². The van der Waals surface area contributed by atoms with Crippen molar-refractivity contribution in [2.24, 2.45) is 0 Å². The summed E-state index contributed by atoms with van der Waals surface area (Å²) in [5.41, 5.74) is 1.80. The van der Waals surface area contributed by atoms with E-state index in [9.17, 15) is 20.1 Å². The molecule has 4 atom stereocenters. The molecule has 1 aromatic rings. The molecule has 3 unspecified atom stereocenters. The van der Waals surface area contributed by atoms with E-state index >= 15 is 0 Å². The fourth-order valence-electron chi connectivity index (χ4n) is 2.95. The Morgan fingerprint density at radius 2 is 2.18 bits per heavy atom. The van der Waals surface area contributed by atoms with Crippen molar-refractivity contribution in [2.75, 3.05) is 13.7 Å². The zero-order chi connectivity index (χ0) is 20.7. The Morgan fingerprint density at radius 3 is 2.82 bits per heavy atom. The van der Waals surface area contributed by atoms with E-state index in [0.717, 1.165) is 5.56 Å². The normalized spacial score (nSPS) is 25.1. The maximum Gasteiger partial charge on any atom is 0.251 e. The van der Waals surface area contributed by atoms with E-state index in [0.29, 0.717) is 16.9 Å². The number of hydrogen-bond acceptors (Lipinski definition) is 6. The van der Waals surface area contributed by atoms with Gasteiger partial charge in [-0.2, -0.15) is 0 Å². The summed E-state index contributed by atoms with van der Waals surface area (Å²) in [7, 11) is 1.56. The van der Waals surface area contributed by atoms with Crippen LogP contribution >= 0.6 is 0 Å². The van der Waals surface area contributed by atoms with Crippen molar-refractivity contribution in [3.05, 3.63) is 72.0 Å². The van der Waals surface area contributed by atoms with Gasteiger partial charge in [-0.25, -0.2) is 0 Å². The first-order valence-electron chi connectivity index (χ1n) is 8.98. The number of carbonyl (C=O) groups is 1. The molecule has 0 radical (unpaired) electrons. The van der Waals surface area contributed by atoms with Gasteiger partial charge in [0.25, 0.3) is 5.91 Å². The number of aliphatic hydroxyl groups excluding tert-OH is 3. The molecule has 1 heterocycles. The molecule has 1 fully saturated rings. The molecule has 7 heteroatoms. The SMILES string of the molecule is C=C/C(=C\C(=C)OCc1cccc(C(=O)NC)c1)[C@H]1OC(CO)CC(O)C1O. The van der Waals surface area contributed by atoms with Gasteiger partial charge in [0.1, 0.15) is 24.6 Å². The van der Waals surface area contributed by atoms with Crippen molar-refractivity contribution in [3.63, 3.8) is 0 Å². The van der Waals surface area contributed by atoms with Crippen LogP contribution in [0.2, 0.25) is 0 Å². The summed E-state index contributed by atoms with van der Waals surface area (Å²) < 4.78 is 11.3. The molecule has 28 heavy (non-hydrogen) atoms. The van der Waals surface area contributed by atoms with Crippen molar-refractivity contribution < 1.29 is 29.6 Å². The number of ether oxygens (including phenoxy) is 2. The second-order valence-corrected chi connectivity index (χ2v) is 6.54. The summed E-state index contributed by atoms with van der Waals surface area (Å²) in [6.07, 6.45) is -0.386. The van der Waals surface area contributed by atoms with E-state index in [1.165, 1.54) is 6.08 Å². The lowest BCUT2D eigenvalue weighted by molar-refractivity contribution is -0.162.